The number of ether oxygens (including phenoxy) is 1. The monoisotopic (exact) mass is 304 g/mol. The third kappa shape index (κ3) is 3.65. The van der Waals surface area contributed by atoms with Crippen LogP contribution in [0.1, 0.15) is 24.5 Å². The molecule has 1 fully saturated rings. The molecule has 0 spiro atoms. The van der Waals surface area contributed by atoms with E-state index in [2.05, 4.69) is 5.32 Å². The molecule has 2 atom stereocenters. The predicted octanol–water partition coefficient (Wildman–Crippen LogP) is 2.13. The van der Waals surface area contributed by atoms with Gasteiger partial charge in [0.15, 0.2) is 0 Å². The van der Waals surface area contributed by atoms with Crippen molar-refractivity contribution >= 4 is 17.5 Å². The summed E-state index contributed by atoms with van der Waals surface area (Å²) in [5.41, 5.74) is 3.10. The Morgan fingerprint density at radius 3 is 2.77 bits per heavy atom. The maximum atomic E-state index is 12.4. The maximum Gasteiger partial charge on any atom is 0.229 e. The highest BCUT2D eigenvalue weighted by Crippen LogP contribution is 2.22. The summed E-state index contributed by atoms with van der Waals surface area (Å²) in [5.74, 6) is -0.373. The first-order valence-electron chi connectivity index (χ1n) is 7.59. The fourth-order valence-corrected chi connectivity index (χ4v) is 2.73. The number of nitrogens with one attached hydrogen (secondary N) is 1. The van der Waals surface area contributed by atoms with E-state index in [4.69, 9.17) is 4.74 Å². The molecule has 0 aliphatic carbocycles. The predicted molar refractivity (Wildman–Crippen MR) is 85.7 cm³/mol. The number of hydrogen-bond donors (Lipinski definition) is 1. The maximum absolute atomic E-state index is 12.4. The Morgan fingerprint density at radius 1 is 1.41 bits per heavy atom. The van der Waals surface area contributed by atoms with Crippen LogP contribution < -0.4 is 5.32 Å². The topological polar surface area (TPSA) is 58.6 Å². The molecule has 120 valence electrons. The average Bonchev–Trinajstić information content (AvgIpc) is 2.85. The number of benzene rings is 1. The number of aryl methyl sites for hydroxylation is 2. The summed E-state index contributed by atoms with van der Waals surface area (Å²) in [6.07, 6.45) is 0.269. The van der Waals surface area contributed by atoms with Gasteiger partial charge in [0, 0.05) is 25.8 Å². The number of nitrogens with zero attached hydrogens (tertiary/aromatic N) is 1. The van der Waals surface area contributed by atoms with Crippen LogP contribution in [0.2, 0.25) is 0 Å². The van der Waals surface area contributed by atoms with E-state index in [1.807, 2.05) is 39.0 Å². The fourth-order valence-electron chi connectivity index (χ4n) is 2.73. The van der Waals surface area contributed by atoms with Gasteiger partial charge in [-0.25, -0.2) is 0 Å². The Hall–Kier alpha value is -1.88. The second-order valence-electron chi connectivity index (χ2n) is 6.04. The van der Waals surface area contributed by atoms with Crippen molar-refractivity contribution in [2.45, 2.75) is 33.2 Å². The molecule has 0 saturated carbocycles. The largest absolute Gasteiger partial charge is 0.383 e. The molecular formula is C17H24N2O3. The van der Waals surface area contributed by atoms with Crippen molar-refractivity contribution in [3.8, 4) is 0 Å². The summed E-state index contributed by atoms with van der Waals surface area (Å²) < 4.78 is 5.09. The van der Waals surface area contributed by atoms with E-state index in [9.17, 15) is 9.59 Å². The molecule has 0 aromatic heterocycles. The summed E-state index contributed by atoms with van der Waals surface area (Å²) >= 11 is 0. The van der Waals surface area contributed by atoms with Gasteiger partial charge in [0.05, 0.1) is 18.6 Å². The molecule has 1 aliphatic heterocycles. The first-order chi connectivity index (χ1) is 10.4. The van der Waals surface area contributed by atoms with E-state index < -0.39 is 0 Å². The smallest absolute Gasteiger partial charge is 0.229 e. The van der Waals surface area contributed by atoms with Crippen LogP contribution in [0.4, 0.5) is 5.69 Å². The van der Waals surface area contributed by atoms with Crippen molar-refractivity contribution < 1.29 is 14.3 Å². The Morgan fingerprint density at radius 2 is 2.14 bits per heavy atom. The molecule has 0 unspecified atom stereocenters. The molecule has 0 radical (unpaired) electrons. The van der Waals surface area contributed by atoms with Crippen LogP contribution in [0.5, 0.6) is 0 Å². The van der Waals surface area contributed by atoms with E-state index in [0.29, 0.717) is 13.2 Å². The molecule has 1 aromatic rings. The molecule has 22 heavy (non-hydrogen) atoms. The van der Waals surface area contributed by atoms with Gasteiger partial charge in [-0.1, -0.05) is 6.07 Å². The number of rotatable bonds is 5. The molecule has 5 nitrogen and oxygen atoms in total. The number of amides is 2. The highest BCUT2D eigenvalue weighted by molar-refractivity contribution is 5.97. The first-order valence-corrected chi connectivity index (χ1v) is 7.59. The van der Waals surface area contributed by atoms with E-state index in [1.54, 1.807) is 12.0 Å². The van der Waals surface area contributed by atoms with Crippen molar-refractivity contribution in [3.05, 3.63) is 29.3 Å². The summed E-state index contributed by atoms with van der Waals surface area (Å²) in [5, 5.41) is 2.91. The van der Waals surface area contributed by atoms with Crippen LogP contribution >= 0.6 is 0 Å². The number of carbonyl (C=O) groups is 2. The molecule has 1 N–H and O–H groups in total. The van der Waals surface area contributed by atoms with Gasteiger partial charge in [0.1, 0.15) is 0 Å². The van der Waals surface area contributed by atoms with Gasteiger partial charge in [-0.3, -0.25) is 9.59 Å². The summed E-state index contributed by atoms with van der Waals surface area (Å²) in [7, 11) is 1.61. The lowest BCUT2D eigenvalue weighted by molar-refractivity contribution is -0.130. The molecular weight excluding hydrogens is 280 g/mol. The molecule has 2 rings (SSSR count). The highest BCUT2D eigenvalue weighted by Gasteiger charge is 2.36. The van der Waals surface area contributed by atoms with Crippen LogP contribution in [0.3, 0.4) is 0 Å². The van der Waals surface area contributed by atoms with E-state index in [-0.39, 0.29) is 30.2 Å². The third-order valence-electron chi connectivity index (χ3n) is 4.24. The third-order valence-corrected chi connectivity index (χ3v) is 4.24. The van der Waals surface area contributed by atoms with Crippen molar-refractivity contribution in [3.63, 3.8) is 0 Å². The van der Waals surface area contributed by atoms with Gasteiger partial charge in [-0.05, 0) is 44.0 Å². The molecule has 1 aliphatic rings. The Bertz CT molecular complexity index is 571. The summed E-state index contributed by atoms with van der Waals surface area (Å²) in [6, 6.07) is 5.83. The van der Waals surface area contributed by atoms with Crippen molar-refractivity contribution in [1.29, 1.82) is 0 Å². The van der Waals surface area contributed by atoms with E-state index >= 15 is 0 Å². The molecule has 1 aromatic carbocycles. The fraction of sp³-hybridized carbons (Fsp3) is 0.529. The zero-order valence-corrected chi connectivity index (χ0v) is 13.7. The van der Waals surface area contributed by atoms with Gasteiger partial charge in [0.25, 0.3) is 0 Å². The lowest BCUT2D eigenvalue weighted by Gasteiger charge is -2.23. The van der Waals surface area contributed by atoms with E-state index in [1.165, 1.54) is 5.56 Å². The van der Waals surface area contributed by atoms with Crippen LogP contribution in [0.15, 0.2) is 18.2 Å². The standard InChI is InChI=1S/C17H24N2O3/c1-11-5-6-15(7-12(11)2)18-17(21)14-8-16(20)19(9-14)13(3)10-22-4/h5-7,13-14H,8-10H2,1-4H3,(H,18,21)/t13-,14-/m1/s1. The van der Waals surface area contributed by atoms with E-state index in [0.717, 1.165) is 11.3 Å². The van der Waals surface area contributed by atoms with Crippen molar-refractivity contribution in [2.24, 2.45) is 5.92 Å². The summed E-state index contributed by atoms with van der Waals surface area (Å²) in [6.45, 7) is 6.92. The normalized spacial score (nSPS) is 19.4. The lowest BCUT2D eigenvalue weighted by atomic mass is 10.1. The SMILES string of the molecule is COC[C@@H](C)N1C[C@H](C(=O)Nc2ccc(C)c(C)c2)CC1=O. The van der Waals surface area contributed by atoms with Gasteiger partial charge in [0.2, 0.25) is 11.8 Å². The highest BCUT2D eigenvalue weighted by atomic mass is 16.5. The molecule has 5 heteroatoms. The summed E-state index contributed by atoms with van der Waals surface area (Å²) in [4.78, 5) is 26.1. The van der Waals surface area contributed by atoms with Crippen LogP contribution in [0.25, 0.3) is 0 Å². The zero-order chi connectivity index (χ0) is 16.3. The number of anilines is 1. The first kappa shape index (κ1) is 16.5. The number of carbonyl (C=O) groups excluding carboxylic acids is 2. The van der Waals surface area contributed by atoms with Crippen molar-refractivity contribution in [1.82, 2.24) is 4.90 Å². The Kier molecular flexibility index (Phi) is 5.19. The Labute approximate surface area is 131 Å². The van der Waals surface area contributed by atoms with Gasteiger partial charge < -0.3 is 15.0 Å². The average molecular weight is 304 g/mol. The number of hydrogen-bond acceptors (Lipinski definition) is 3. The molecule has 1 heterocycles. The van der Waals surface area contributed by atoms with Crippen molar-refractivity contribution in [2.75, 3.05) is 25.6 Å². The van der Waals surface area contributed by atoms with Gasteiger partial charge in [-0.15, -0.1) is 0 Å². The van der Waals surface area contributed by atoms with Crippen LogP contribution in [-0.4, -0.2) is 43.0 Å². The van der Waals surface area contributed by atoms with Gasteiger partial charge in [-0.2, -0.15) is 0 Å². The second-order valence-corrected chi connectivity index (χ2v) is 6.04. The van der Waals surface area contributed by atoms with Crippen LogP contribution in [0, 0.1) is 19.8 Å². The Balaban J connectivity index is 1.99. The second kappa shape index (κ2) is 6.92. The minimum Gasteiger partial charge on any atom is -0.383 e. The quantitative estimate of drug-likeness (QED) is 0.906. The number of methoxy groups -OCH3 is 1. The lowest BCUT2D eigenvalue weighted by Crippen LogP contribution is -2.38. The minimum atomic E-state index is -0.298. The number of likely N-dealkylation sites (tertiary alicyclic amines) is 1. The molecule has 1 saturated heterocycles. The van der Waals surface area contributed by atoms with Crippen LogP contribution in [-0.2, 0) is 14.3 Å². The molecule has 0 bridgehead atoms. The molecule has 2 amide bonds. The van der Waals surface area contributed by atoms with Gasteiger partial charge >= 0.3 is 0 Å². The minimum absolute atomic E-state index is 0.00285. The zero-order valence-electron chi connectivity index (χ0n) is 13.7.